The zero-order valence-corrected chi connectivity index (χ0v) is 12.6. The number of aliphatic carboxylic acids is 1. The van der Waals surface area contributed by atoms with Crippen LogP contribution in [0, 0.1) is 19.8 Å². The molecule has 20 heavy (non-hydrogen) atoms. The molecule has 1 atom stereocenters. The molecule has 0 bridgehead atoms. The molecule has 0 fully saturated rings. The topological polar surface area (TPSA) is 66.4 Å². The first kappa shape index (κ1) is 16.4. The fraction of sp³-hybridized carbons (Fsp3) is 0.500. The highest BCUT2D eigenvalue weighted by molar-refractivity contribution is 6.02. The van der Waals surface area contributed by atoms with E-state index in [1.807, 2.05) is 39.8 Å². The maximum atomic E-state index is 12.5. The van der Waals surface area contributed by atoms with Crippen LogP contribution in [0.25, 0.3) is 0 Å². The number of hydrogen-bond donors (Lipinski definition) is 2. The average Bonchev–Trinajstić information content (AvgIpc) is 2.33. The maximum absolute atomic E-state index is 12.5. The second kappa shape index (κ2) is 7.20. The van der Waals surface area contributed by atoms with Crippen LogP contribution in [0.1, 0.15) is 41.8 Å². The molecule has 0 aromatic heterocycles. The minimum absolute atomic E-state index is 0.148. The third-order valence-electron chi connectivity index (χ3n) is 3.12. The molecule has 2 N–H and O–H groups in total. The Bertz CT molecular complexity index is 494. The summed E-state index contributed by atoms with van der Waals surface area (Å²) in [7, 11) is 0. The minimum atomic E-state index is -0.968. The quantitative estimate of drug-likeness (QED) is 0.752. The van der Waals surface area contributed by atoms with E-state index in [9.17, 15) is 9.59 Å². The summed E-state index contributed by atoms with van der Waals surface area (Å²) in [6, 6.07) is 4.92. The Balaban J connectivity index is 2.93. The van der Waals surface area contributed by atoms with Crippen LogP contribution in [0.4, 0.5) is 0 Å². The Labute approximate surface area is 120 Å². The van der Waals surface area contributed by atoms with Crippen molar-refractivity contribution in [2.45, 2.75) is 40.2 Å². The molecule has 0 radical (unpaired) electrons. The van der Waals surface area contributed by atoms with Gasteiger partial charge in [-0.1, -0.05) is 37.6 Å². The van der Waals surface area contributed by atoms with E-state index in [1.165, 1.54) is 0 Å². The fourth-order valence-electron chi connectivity index (χ4n) is 2.09. The van der Waals surface area contributed by atoms with E-state index in [4.69, 9.17) is 5.11 Å². The van der Waals surface area contributed by atoms with Gasteiger partial charge in [0, 0.05) is 5.56 Å². The largest absolute Gasteiger partial charge is 0.481 e. The normalized spacial score (nSPS) is 12.4. The van der Waals surface area contributed by atoms with Gasteiger partial charge in [0.15, 0.2) is 5.78 Å². The van der Waals surface area contributed by atoms with Gasteiger partial charge in [-0.3, -0.25) is 9.59 Å². The van der Waals surface area contributed by atoms with Crippen LogP contribution in [-0.2, 0) is 4.79 Å². The second-order valence-corrected chi connectivity index (χ2v) is 5.64. The van der Waals surface area contributed by atoms with E-state index in [-0.39, 0.29) is 12.2 Å². The predicted octanol–water partition coefficient (Wildman–Crippen LogP) is 2.58. The van der Waals surface area contributed by atoms with Gasteiger partial charge < -0.3 is 10.4 Å². The van der Waals surface area contributed by atoms with Crippen molar-refractivity contribution in [2.24, 2.45) is 5.92 Å². The molecule has 4 heteroatoms. The highest BCUT2D eigenvalue weighted by atomic mass is 16.4. The van der Waals surface area contributed by atoms with Gasteiger partial charge >= 0.3 is 5.97 Å². The van der Waals surface area contributed by atoms with Gasteiger partial charge in [0.1, 0.15) is 0 Å². The third-order valence-corrected chi connectivity index (χ3v) is 3.12. The fourth-order valence-corrected chi connectivity index (χ4v) is 2.09. The number of nitrogens with one attached hydrogen (secondary N) is 1. The molecule has 0 aliphatic heterocycles. The Morgan fingerprint density at radius 1 is 1.25 bits per heavy atom. The van der Waals surface area contributed by atoms with Crippen LogP contribution in [0.15, 0.2) is 18.2 Å². The molecular formula is C16H23NO3. The zero-order valence-electron chi connectivity index (χ0n) is 12.6. The lowest BCUT2D eigenvalue weighted by atomic mass is 9.96. The number of benzene rings is 1. The smallest absolute Gasteiger partial charge is 0.305 e. The van der Waals surface area contributed by atoms with E-state index in [0.29, 0.717) is 18.0 Å². The second-order valence-electron chi connectivity index (χ2n) is 5.64. The van der Waals surface area contributed by atoms with E-state index in [2.05, 4.69) is 5.32 Å². The Morgan fingerprint density at radius 3 is 2.40 bits per heavy atom. The number of Topliss-reactive ketones (excluding diaryl/α,β-unsaturated/α-hetero) is 1. The molecule has 1 aromatic carbocycles. The molecule has 0 amide bonds. The molecule has 1 rings (SSSR count). The number of carboxylic acids is 1. The summed E-state index contributed by atoms with van der Waals surface area (Å²) in [6.45, 7) is 8.50. The maximum Gasteiger partial charge on any atom is 0.305 e. The summed E-state index contributed by atoms with van der Waals surface area (Å²) in [5.74, 6) is -0.756. The predicted molar refractivity (Wildman–Crippen MR) is 79.1 cm³/mol. The molecule has 0 saturated carbocycles. The summed E-state index contributed by atoms with van der Waals surface area (Å²) < 4.78 is 0. The monoisotopic (exact) mass is 277 g/mol. The lowest BCUT2D eigenvalue weighted by Crippen LogP contribution is -2.40. The summed E-state index contributed by atoms with van der Waals surface area (Å²) in [5, 5.41) is 12.0. The van der Waals surface area contributed by atoms with Crippen molar-refractivity contribution in [1.29, 1.82) is 0 Å². The lowest BCUT2D eigenvalue weighted by Gasteiger charge is -2.18. The molecule has 110 valence electrons. The first-order valence-electron chi connectivity index (χ1n) is 6.88. The van der Waals surface area contributed by atoms with Crippen LogP contribution >= 0.6 is 0 Å². The summed E-state index contributed by atoms with van der Waals surface area (Å²) >= 11 is 0. The average molecular weight is 277 g/mol. The van der Waals surface area contributed by atoms with Crippen molar-refractivity contribution in [3.05, 3.63) is 34.9 Å². The first-order valence-corrected chi connectivity index (χ1v) is 6.88. The van der Waals surface area contributed by atoms with Gasteiger partial charge in [-0.2, -0.15) is 0 Å². The highest BCUT2D eigenvalue weighted by Gasteiger charge is 2.23. The van der Waals surface area contributed by atoms with Crippen LogP contribution in [-0.4, -0.2) is 29.4 Å². The molecule has 1 aromatic rings. The van der Waals surface area contributed by atoms with Crippen LogP contribution in [0.5, 0.6) is 0 Å². The van der Waals surface area contributed by atoms with Gasteiger partial charge in [-0.25, -0.2) is 0 Å². The molecular weight excluding hydrogens is 254 g/mol. The summed E-state index contributed by atoms with van der Waals surface area (Å²) in [4.78, 5) is 23.4. The number of hydrogen-bond acceptors (Lipinski definition) is 3. The van der Waals surface area contributed by atoms with E-state index in [0.717, 1.165) is 11.1 Å². The van der Waals surface area contributed by atoms with Crippen molar-refractivity contribution in [3.8, 4) is 0 Å². The standard InChI is InChI=1S/C16H23NO3/c1-10(2)9-17-14(8-15(18)19)16(20)13-6-5-11(3)7-12(13)4/h5-7,10,14,17H,8-9H2,1-4H3,(H,18,19). The Morgan fingerprint density at radius 2 is 1.90 bits per heavy atom. The van der Waals surface area contributed by atoms with E-state index >= 15 is 0 Å². The van der Waals surface area contributed by atoms with Gasteiger partial charge in [0.05, 0.1) is 12.5 Å². The molecule has 0 saturated heterocycles. The van der Waals surface area contributed by atoms with E-state index in [1.54, 1.807) is 6.07 Å². The molecule has 0 aliphatic carbocycles. The van der Waals surface area contributed by atoms with Crippen LogP contribution < -0.4 is 5.32 Å². The molecule has 1 unspecified atom stereocenters. The number of carboxylic acid groups (broad SMARTS) is 1. The molecule has 4 nitrogen and oxygen atoms in total. The molecule has 0 spiro atoms. The number of carbonyl (C=O) groups is 2. The van der Waals surface area contributed by atoms with Crippen LogP contribution in [0.2, 0.25) is 0 Å². The SMILES string of the molecule is Cc1ccc(C(=O)C(CC(=O)O)NCC(C)C)c(C)c1. The highest BCUT2D eigenvalue weighted by Crippen LogP contribution is 2.14. The Hall–Kier alpha value is -1.68. The van der Waals surface area contributed by atoms with Gasteiger partial charge in [-0.15, -0.1) is 0 Å². The number of ketones is 1. The van der Waals surface area contributed by atoms with Gasteiger partial charge in [0.25, 0.3) is 0 Å². The third kappa shape index (κ3) is 4.78. The lowest BCUT2D eigenvalue weighted by molar-refractivity contribution is -0.137. The van der Waals surface area contributed by atoms with Crippen molar-refractivity contribution >= 4 is 11.8 Å². The number of carbonyl (C=O) groups excluding carboxylic acids is 1. The van der Waals surface area contributed by atoms with Crippen molar-refractivity contribution in [3.63, 3.8) is 0 Å². The summed E-state index contributed by atoms with van der Waals surface area (Å²) in [6.07, 6.45) is -0.196. The molecule has 0 heterocycles. The van der Waals surface area contributed by atoms with Gasteiger partial charge in [-0.05, 0) is 31.9 Å². The summed E-state index contributed by atoms with van der Waals surface area (Å²) in [5.41, 5.74) is 2.57. The van der Waals surface area contributed by atoms with Crippen molar-refractivity contribution in [1.82, 2.24) is 5.32 Å². The minimum Gasteiger partial charge on any atom is -0.481 e. The first-order chi connectivity index (χ1) is 9.31. The number of rotatable bonds is 7. The van der Waals surface area contributed by atoms with Crippen LogP contribution in [0.3, 0.4) is 0 Å². The Kier molecular flexibility index (Phi) is 5.89. The number of aryl methyl sites for hydroxylation is 2. The van der Waals surface area contributed by atoms with Gasteiger partial charge in [0.2, 0.25) is 0 Å². The molecule has 0 aliphatic rings. The van der Waals surface area contributed by atoms with Crippen molar-refractivity contribution < 1.29 is 14.7 Å². The van der Waals surface area contributed by atoms with E-state index < -0.39 is 12.0 Å². The van der Waals surface area contributed by atoms with Crippen molar-refractivity contribution in [2.75, 3.05) is 6.54 Å². The zero-order chi connectivity index (χ0) is 15.3.